The first-order valence-corrected chi connectivity index (χ1v) is 8.04. The average molecular weight is 269 g/mol. The van der Waals surface area contributed by atoms with Crippen LogP contribution in [0.1, 0.15) is 33.1 Å². The summed E-state index contributed by atoms with van der Waals surface area (Å²) in [6, 6.07) is 0.855. The van der Waals surface area contributed by atoms with E-state index in [4.69, 9.17) is 4.74 Å². The van der Waals surface area contributed by atoms with Crippen LogP contribution in [0.5, 0.6) is 0 Å². The quantitative estimate of drug-likeness (QED) is 0.670. The number of rotatable bonds is 8. The Morgan fingerprint density at radius 3 is 2.95 bits per heavy atom. The van der Waals surface area contributed by atoms with E-state index in [9.17, 15) is 0 Å². The van der Waals surface area contributed by atoms with Gasteiger partial charge < -0.3 is 10.1 Å². The summed E-state index contributed by atoms with van der Waals surface area (Å²) in [5, 5.41) is 3.53. The summed E-state index contributed by atoms with van der Waals surface area (Å²) in [5.74, 6) is 0. The summed E-state index contributed by atoms with van der Waals surface area (Å²) in [6.45, 7) is 13.6. The van der Waals surface area contributed by atoms with Crippen LogP contribution in [-0.2, 0) is 4.74 Å². The number of nitrogens with one attached hydrogen (secondary N) is 1. The van der Waals surface area contributed by atoms with E-state index in [0.717, 1.165) is 32.2 Å². The topological polar surface area (TPSA) is 27.7 Å². The maximum atomic E-state index is 5.53. The summed E-state index contributed by atoms with van der Waals surface area (Å²) in [5.41, 5.74) is 0. The molecule has 1 atom stereocenters. The monoisotopic (exact) mass is 269 g/mol. The minimum Gasteiger partial charge on any atom is -0.379 e. The van der Waals surface area contributed by atoms with E-state index in [1.807, 2.05) is 0 Å². The van der Waals surface area contributed by atoms with E-state index in [1.54, 1.807) is 0 Å². The zero-order valence-electron chi connectivity index (χ0n) is 12.7. The van der Waals surface area contributed by atoms with Gasteiger partial charge in [0.25, 0.3) is 0 Å². The molecular weight excluding hydrogens is 238 g/mol. The lowest BCUT2D eigenvalue weighted by molar-refractivity contribution is 0.0765. The highest BCUT2D eigenvalue weighted by Crippen LogP contribution is 2.20. The Kier molecular flexibility index (Phi) is 6.57. The lowest BCUT2D eigenvalue weighted by Gasteiger charge is -2.37. The van der Waals surface area contributed by atoms with Gasteiger partial charge in [-0.05, 0) is 46.2 Å². The minimum atomic E-state index is 0.364. The molecule has 0 saturated carbocycles. The van der Waals surface area contributed by atoms with E-state index >= 15 is 0 Å². The van der Waals surface area contributed by atoms with Gasteiger partial charge in [-0.3, -0.25) is 9.80 Å². The summed E-state index contributed by atoms with van der Waals surface area (Å²) in [4.78, 5) is 5.30. The van der Waals surface area contributed by atoms with Crippen molar-refractivity contribution in [2.75, 3.05) is 52.4 Å². The summed E-state index contributed by atoms with van der Waals surface area (Å²) >= 11 is 0. The van der Waals surface area contributed by atoms with Crippen LogP contribution in [0.25, 0.3) is 0 Å². The molecule has 2 aliphatic rings. The van der Waals surface area contributed by atoms with E-state index in [1.165, 1.54) is 45.6 Å². The molecule has 19 heavy (non-hydrogen) atoms. The lowest BCUT2D eigenvalue weighted by Crippen LogP contribution is -2.51. The number of hydrogen-bond donors (Lipinski definition) is 1. The van der Waals surface area contributed by atoms with Crippen LogP contribution in [0.15, 0.2) is 0 Å². The molecule has 112 valence electrons. The van der Waals surface area contributed by atoms with Crippen LogP contribution in [0, 0.1) is 0 Å². The van der Waals surface area contributed by atoms with Gasteiger partial charge in [-0.2, -0.15) is 0 Å². The maximum Gasteiger partial charge on any atom is 0.0518 e. The molecule has 2 fully saturated rings. The Hall–Kier alpha value is -0.160. The third kappa shape index (κ3) is 5.38. The van der Waals surface area contributed by atoms with Crippen molar-refractivity contribution in [3.05, 3.63) is 0 Å². The van der Waals surface area contributed by atoms with Crippen molar-refractivity contribution in [2.45, 2.75) is 45.3 Å². The normalized spacial score (nSPS) is 25.1. The molecule has 4 nitrogen and oxygen atoms in total. The molecule has 1 N–H and O–H groups in total. The van der Waals surface area contributed by atoms with Crippen molar-refractivity contribution in [1.82, 2.24) is 15.1 Å². The third-order valence-corrected chi connectivity index (χ3v) is 4.23. The Balaban J connectivity index is 1.45. The largest absolute Gasteiger partial charge is 0.379 e. The molecule has 0 aromatic carbocycles. The Bertz CT molecular complexity index is 248. The smallest absolute Gasteiger partial charge is 0.0518 e. The first-order chi connectivity index (χ1) is 9.25. The highest BCUT2D eigenvalue weighted by Gasteiger charge is 2.29. The van der Waals surface area contributed by atoms with Gasteiger partial charge in [0.2, 0.25) is 0 Å². The number of fused-ring (bicyclic) bond motifs is 1. The summed E-state index contributed by atoms with van der Waals surface area (Å²) in [6.07, 6.45) is 4.31. The lowest BCUT2D eigenvalue weighted by atomic mass is 10.1. The number of nitrogens with zero attached hydrogens (tertiary/aromatic N) is 2. The molecule has 2 rings (SSSR count). The second kappa shape index (κ2) is 8.20. The van der Waals surface area contributed by atoms with E-state index in [-0.39, 0.29) is 0 Å². The first kappa shape index (κ1) is 15.2. The zero-order chi connectivity index (χ0) is 13.5. The molecule has 0 bridgehead atoms. The van der Waals surface area contributed by atoms with Crippen molar-refractivity contribution in [1.29, 1.82) is 0 Å². The number of ether oxygens (including phenoxy) is 1. The van der Waals surface area contributed by atoms with Crippen molar-refractivity contribution in [2.24, 2.45) is 0 Å². The molecule has 0 aromatic rings. The van der Waals surface area contributed by atoms with Gasteiger partial charge >= 0.3 is 0 Å². The van der Waals surface area contributed by atoms with Gasteiger partial charge in [0.15, 0.2) is 0 Å². The van der Waals surface area contributed by atoms with Crippen molar-refractivity contribution < 1.29 is 4.74 Å². The second-order valence-corrected chi connectivity index (χ2v) is 6.16. The zero-order valence-corrected chi connectivity index (χ0v) is 12.7. The van der Waals surface area contributed by atoms with Crippen LogP contribution in [0.4, 0.5) is 0 Å². The highest BCUT2D eigenvalue weighted by molar-refractivity contribution is 4.86. The predicted molar refractivity (Wildman–Crippen MR) is 79.6 cm³/mol. The molecule has 4 heteroatoms. The molecular formula is C15H31N3O. The van der Waals surface area contributed by atoms with Gasteiger partial charge in [-0.1, -0.05) is 0 Å². The molecule has 2 saturated heterocycles. The van der Waals surface area contributed by atoms with E-state index < -0.39 is 0 Å². The average Bonchev–Trinajstić information content (AvgIpc) is 2.84. The van der Waals surface area contributed by atoms with Gasteiger partial charge in [-0.15, -0.1) is 0 Å². The van der Waals surface area contributed by atoms with Crippen LogP contribution in [-0.4, -0.2) is 74.4 Å². The SMILES string of the molecule is CC(C)OCCCNCCN1CCN2CCCC2C1. The Morgan fingerprint density at radius 2 is 2.11 bits per heavy atom. The molecule has 2 aliphatic heterocycles. The van der Waals surface area contributed by atoms with Crippen LogP contribution in [0.2, 0.25) is 0 Å². The Labute approximate surface area is 118 Å². The molecule has 0 amide bonds. The van der Waals surface area contributed by atoms with Gasteiger partial charge in [-0.25, -0.2) is 0 Å². The van der Waals surface area contributed by atoms with E-state index in [2.05, 4.69) is 29.0 Å². The summed E-state index contributed by atoms with van der Waals surface area (Å²) < 4.78 is 5.53. The minimum absolute atomic E-state index is 0.364. The molecule has 0 spiro atoms. The number of piperazine rings is 1. The fraction of sp³-hybridized carbons (Fsp3) is 1.00. The maximum absolute atomic E-state index is 5.53. The fourth-order valence-electron chi connectivity index (χ4n) is 3.14. The first-order valence-electron chi connectivity index (χ1n) is 8.04. The number of hydrogen-bond acceptors (Lipinski definition) is 4. The molecule has 0 radical (unpaired) electrons. The van der Waals surface area contributed by atoms with Crippen LogP contribution < -0.4 is 5.32 Å². The predicted octanol–water partition coefficient (Wildman–Crippen LogP) is 1.17. The Morgan fingerprint density at radius 1 is 1.21 bits per heavy atom. The molecule has 0 aromatic heterocycles. The molecule has 1 unspecified atom stereocenters. The van der Waals surface area contributed by atoms with Crippen LogP contribution >= 0.6 is 0 Å². The van der Waals surface area contributed by atoms with Gasteiger partial charge in [0.05, 0.1) is 6.10 Å². The fourth-order valence-corrected chi connectivity index (χ4v) is 3.14. The van der Waals surface area contributed by atoms with Gasteiger partial charge in [0, 0.05) is 45.4 Å². The summed E-state index contributed by atoms with van der Waals surface area (Å²) in [7, 11) is 0. The van der Waals surface area contributed by atoms with Crippen LogP contribution in [0.3, 0.4) is 0 Å². The molecule has 2 heterocycles. The second-order valence-electron chi connectivity index (χ2n) is 6.16. The highest BCUT2D eigenvalue weighted by atomic mass is 16.5. The van der Waals surface area contributed by atoms with E-state index in [0.29, 0.717) is 6.10 Å². The third-order valence-electron chi connectivity index (χ3n) is 4.23. The molecule has 0 aliphatic carbocycles. The van der Waals surface area contributed by atoms with Crippen molar-refractivity contribution in [3.63, 3.8) is 0 Å². The standard InChI is InChI=1S/C15H31N3O/c1-14(2)19-12-4-6-16-7-9-17-10-11-18-8-3-5-15(18)13-17/h14-16H,3-13H2,1-2H3. The van der Waals surface area contributed by atoms with Gasteiger partial charge in [0.1, 0.15) is 0 Å². The van der Waals surface area contributed by atoms with Crippen molar-refractivity contribution in [3.8, 4) is 0 Å². The van der Waals surface area contributed by atoms with Crippen molar-refractivity contribution >= 4 is 0 Å².